The molecule has 1 aromatic rings. The van der Waals surface area contributed by atoms with Gasteiger partial charge in [0.25, 0.3) is 6.09 Å². The van der Waals surface area contributed by atoms with Crippen LogP contribution in [0.15, 0.2) is 36.9 Å². The van der Waals surface area contributed by atoms with E-state index in [4.69, 9.17) is 4.74 Å². The number of quaternary nitrogens is 1. The minimum atomic E-state index is -1.46. The molecule has 0 spiro atoms. The second-order valence-electron chi connectivity index (χ2n) is 3.80. The Morgan fingerprint density at radius 3 is 2.65 bits per heavy atom. The molecule has 0 aliphatic carbocycles. The van der Waals surface area contributed by atoms with Gasteiger partial charge < -0.3 is 19.4 Å². The van der Waals surface area contributed by atoms with Gasteiger partial charge in [-0.2, -0.15) is 3.89 Å². The van der Waals surface area contributed by atoms with Crippen LogP contribution in [0.4, 0.5) is 15.3 Å². The molecule has 1 aromatic carbocycles. The third-order valence-electron chi connectivity index (χ3n) is 2.45. The highest BCUT2D eigenvalue weighted by atomic mass is 32.2. The fourth-order valence-corrected chi connectivity index (χ4v) is 2.15. The van der Waals surface area contributed by atoms with Gasteiger partial charge in [-0.25, -0.2) is 4.79 Å². The number of methoxy groups -OCH3 is 1. The third-order valence-corrected chi connectivity index (χ3v) is 3.48. The lowest BCUT2D eigenvalue weighted by Crippen LogP contribution is -2.52. The van der Waals surface area contributed by atoms with Gasteiger partial charge in [0.15, 0.2) is 11.4 Å². The summed E-state index contributed by atoms with van der Waals surface area (Å²) >= 11 is 0.464. The molecule has 0 aromatic heterocycles. The number of hydrogen-bond acceptors (Lipinski definition) is 6. The highest BCUT2D eigenvalue weighted by Crippen LogP contribution is 2.38. The molecule has 108 valence electrons. The lowest BCUT2D eigenvalue weighted by molar-refractivity contribution is -0.256. The second-order valence-corrected chi connectivity index (χ2v) is 5.05. The van der Waals surface area contributed by atoms with Crippen LogP contribution in [-0.4, -0.2) is 32.2 Å². The summed E-state index contributed by atoms with van der Waals surface area (Å²) in [5.74, 6) is 0.329. The summed E-state index contributed by atoms with van der Waals surface area (Å²) in [6.45, 7) is 3.74. The van der Waals surface area contributed by atoms with Crippen molar-refractivity contribution in [3.8, 4) is 5.75 Å². The van der Waals surface area contributed by atoms with Crippen LogP contribution in [0.25, 0.3) is 0 Å². The summed E-state index contributed by atoms with van der Waals surface area (Å²) in [4.78, 5) is 22.9. The average Bonchev–Trinajstić information content (AvgIpc) is 2.44. The molecule has 20 heavy (non-hydrogen) atoms. The number of carboxylic acid groups (broad SMARTS) is 1. The molecular weight excluding hydrogens is 282 g/mol. The van der Waals surface area contributed by atoms with Gasteiger partial charge in [-0.05, 0) is 6.07 Å². The highest BCUT2D eigenvalue weighted by molar-refractivity contribution is 8.13. The molecule has 0 bridgehead atoms. The van der Waals surface area contributed by atoms with Gasteiger partial charge in [0.05, 0.1) is 14.2 Å². The van der Waals surface area contributed by atoms with Gasteiger partial charge in [0.2, 0.25) is 11.9 Å². The van der Waals surface area contributed by atoms with Crippen LogP contribution in [0.3, 0.4) is 0 Å². The van der Waals surface area contributed by atoms with Gasteiger partial charge in [-0.1, -0.05) is 24.8 Å². The number of carbonyl (C=O) groups excluding carboxylic acids is 2. The molecule has 6 nitrogen and oxygen atoms in total. The molecule has 0 saturated carbocycles. The van der Waals surface area contributed by atoms with E-state index < -0.39 is 15.3 Å². The van der Waals surface area contributed by atoms with Gasteiger partial charge in [0, 0.05) is 6.07 Å². The van der Waals surface area contributed by atoms with E-state index in [0.717, 1.165) is 0 Å². The van der Waals surface area contributed by atoms with Crippen LogP contribution in [-0.2, 0) is 4.74 Å². The maximum absolute atomic E-state index is 11.5. The van der Waals surface area contributed by atoms with E-state index in [1.165, 1.54) is 20.2 Å². The fraction of sp³-hybridized carbons (Fsp3) is 0.231. The van der Waals surface area contributed by atoms with Crippen molar-refractivity contribution in [1.82, 2.24) is 3.89 Å². The zero-order chi connectivity index (χ0) is 15.2. The number of para-hydroxylation sites is 2. The quantitative estimate of drug-likeness (QED) is 0.366. The molecule has 0 N–H and O–H groups in total. The lowest BCUT2D eigenvalue weighted by Gasteiger charge is -2.29. The molecule has 0 heterocycles. The molecule has 7 heteroatoms. The van der Waals surface area contributed by atoms with Crippen molar-refractivity contribution < 1.29 is 24.2 Å². The number of hydrogen-bond donors (Lipinski definition) is 0. The van der Waals surface area contributed by atoms with Crippen molar-refractivity contribution >= 4 is 29.0 Å². The van der Waals surface area contributed by atoms with E-state index in [0.29, 0.717) is 17.7 Å². The van der Waals surface area contributed by atoms with Crippen molar-refractivity contribution in [2.75, 3.05) is 20.8 Å². The van der Waals surface area contributed by atoms with Gasteiger partial charge in [0.1, 0.15) is 6.61 Å². The summed E-state index contributed by atoms with van der Waals surface area (Å²) in [7, 11) is 2.49. The summed E-state index contributed by atoms with van der Waals surface area (Å²) in [6.07, 6.45) is 0.0724. The van der Waals surface area contributed by atoms with Gasteiger partial charge in [-0.15, -0.1) is 0 Å². The SMILES string of the molecule is C=CCOc1ccccc1[N+](C)(SC(=O)OC)C(=O)[O-]. The number of nitrogens with zero attached hydrogens (tertiary/aromatic N) is 1. The molecule has 1 unspecified atom stereocenters. The standard InChI is InChI=1S/C13H15NO5S/c1-4-9-19-11-8-6-5-7-10(11)14(2,12(15)16)20-13(17)18-3/h4-8H,1,9H2,2-3H3. The predicted molar refractivity (Wildman–Crippen MR) is 75.2 cm³/mol. The Balaban J connectivity index is 3.23. The maximum Gasteiger partial charge on any atom is 0.425 e. The second kappa shape index (κ2) is 6.97. The van der Waals surface area contributed by atoms with E-state index in [2.05, 4.69) is 11.3 Å². The number of amides is 1. The molecule has 1 atom stereocenters. The monoisotopic (exact) mass is 297 g/mol. The highest BCUT2D eigenvalue weighted by Gasteiger charge is 2.37. The van der Waals surface area contributed by atoms with Gasteiger partial charge >= 0.3 is 5.30 Å². The minimum Gasteiger partial charge on any atom is -0.497 e. The van der Waals surface area contributed by atoms with E-state index >= 15 is 0 Å². The molecule has 0 aliphatic heterocycles. The molecule has 0 aliphatic rings. The number of carbonyl (C=O) groups is 2. The topological polar surface area (TPSA) is 75.7 Å². The van der Waals surface area contributed by atoms with Crippen molar-refractivity contribution in [1.29, 1.82) is 0 Å². The van der Waals surface area contributed by atoms with Crippen LogP contribution in [0.5, 0.6) is 5.75 Å². The maximum atomic E-state index is 11.5. The largest absolute Gasteiger partial charge is 0.497 e. The first kappa shape index (κ1) is 16.1. The van der Waals surface area contributed by atoms with Crippen LogP contribution < -0.4 is 13.7 Å². The Kier molecular flexibility index (Phi) is 5.60. The first-order valence-electron chi connectivity index (χ1n) is 5.64. The predicted octanol–water partition coefficient (Wildman–Crippen LogP) is 1.95. The van der Waals surface area contributed by atoms with Gasteiger partial charge in [-0.3, -0.25) is 0 Å². The lowest BCUT2D eigenvalue weighted by atomic mass is 10.3. The van der Waals surface area contributed by atoms with Crippen molar-refractivity contribution in [3.05, 3.63) is 36.9 Å². The molecule has 0 radical (unpaired) electrons. The van der Waals surface area contributed by atoms with Crippen molar-refractivity contribution in [3.63, 3.8) is 0 Å². The summed E-state index contributed by atoms with van der Waals surface area (Å²) in [6, 6.07) is 6.50. The Hall–Kier alpha value is -1.99. The summed E-state index contributed by atoms with van der Waals surface area (Å²) in [5.41, 5.74) is 0.268. The first-order chi connectivity index (χ1) is 9.45. The fourth-order valence-electron chi connectivity index (χ4n) is 1.45. The van der Waals surface area contributed by atoms with Crippen LogP contribution in [0.1, 0.15) is 0 Å². The zero-order valence-corrected chi connectivity index (χ0v) is 12.0. The average molecular weight is 297 g/mol. The van der Waals surface area contributed by atoms with Crippen LogP contribution >= 0.6 is 11.9 Å². The zero-order valence-electron chi connectivity index (χ0n) is 11.2. The molecule has 0 fully saturated rings. The summed E-state index contributed by atoms with van der Waals surface area (Å²) in [5, 5.41) is 10.7. The van der Waals surface area contributed by atoms with Crippen molar-refractivity contribution in [2.45, 2.75) is 0 Å². The molecule has 1 rings (SSSR count). The Bertz CT molecular complexity index is 519. The van der Waals surface area contributed by atoms with E-state index in [1.54, 1.807) is 24.3 Å². The number of rotatable bonds is 4. The first-order valence-corrected chi connectivity index (χ1v) is 6.42. The Labute approximate surface area is 121 Å². The minimum absolute atomic E-state index is 0.215. The van der Waals surface area contributed by atoms with E-state index in [1.807, 2.05) is 0 Å². The molecule has 0 saturated heterocycles. The third kappa shape index (κ3) is 3.52. The van der Waals surface area contributed by atoms with Crippen LogP contribution in [0.2, 0.25) is 0 Å². The Morgan fingerprint density at radius 1 is 1.45 bits per heavy atom. The number of benzene rings is 1. The summed E-state index contributed by atoms with van der Waals surface area (Å²) < 4.78 is 9.06. The molecule has 1 amide bonds. The van der Waals surface area contributed by atoms with E-state index in [-0.39, 0.29) is 12.3 Å². The number of ether oxygens (including phenoxy) is 2. The van der Waals surface area contributed by atoms with Crippen LogP contribution in [0, 0.1) is 0 Å². The van der Waals surface area contributed by atoms with E-state index in [9.17, 15) is 14.7 Å². The smallest absolute Gasteiger partial charge is 0.425 e. The van der Waals surface area contributed by atoms with Crippen molar-refractivity contribution in [2.24, 2.45) is 0 Å². The normalized spacial score (nSPS) is 13.1. The Morgan fingerprint density at radius 2 is 2.10 bits per heavy atom. The molecular formula is C13H15NO5S.